The van der Waals surface area contributed by atoms with E-state index in [0.717, 1.165) is 12.1 Å². The summed E-state index contributed by atoms with van der Waals surface area (Å²) in [5, 5.41) is 2.68. The smallest absolute Gasteiger partial charge is 0.251 e. The normalized spacial score (nSPS) is 16.8. The molecule has 1 N–H and O–H groups in total. The SMILES string of the molecule is COc1cccc(N2CC(NC(=O)c3ccc(F)c(F)c3)CC2=O)c1. The third-order valence-electron chi connectivity index (χ3n) is 4.01. The topological polar surface area (TPSA) is 58.6 Å². The van der Waals surface area contributed by atoms with E-state index in [1.807, 2.05) is 0 Å². The van der Waals surface area contributed by atoms with Crippen LogP contribution in [-0.4, -0.2) is 31.5 Å². The first-order valence-corrected chi connectivity index (χ1v) is 7.68. The molecule has 1 atom stereocenters. The van der Waals surface area contributed by atoms with Crippen LogP contribution in [0.3, 0.4) is 0 Å². The fourth-order valence-corrected chi connectivity index (χ4v) is 2.74. The van der Waals surface area contributed by atoms with Gasteiger partial charge in [-0.1, -0.05) is 6.07 Å². The molecule has 0 spiro atoms. The molecule has 0 aromatic heterocycles. The number of hydrogen-bond acceptors (Lipinski definition) is 3. The Balaban J connectivity index is 1.69. The Hall–Kier alpha value is -2.96. The zero-order valence-electron chi connectivity index (χ0n) is 13.5. The van der Waals surface area contributed by atoms with Crippen LogP contribution >= 0.6 is 0 Å². The van der Waals surface area contributed by atoms with Gasteiger partial charge in [0.25, 0.3) is 5.91 Å². The minimum Gasteiger partial charge on any atom is -0.497 e. The van der Waals surface area contributed by atoms with E-state index < -0.39 is 23.6 Å². The number of carbonyl (C=O) groups is 2. The van der Waals surface area contributed by atoms with Gasteiger partial charge >= 0.3 is 0 Å². The van der Waals surface area contributed by atoms with Gasteiger partial charge in [0.2, 0.25) is 5.91 Å². The van der Waals surface area contributed by atoms with Gasteiger partial charge in [0.05, 0.1) is 13.2 Å². The van der Waals surface area contributed by atoms with E-state index in [9.17, 15) is 18.4 Å². The summed E-state index contributed by atoms with van der Waals surface area (Å²) in [6, 6.07) is 9.57. The number of methoxy groups -OCH3 is 1. The molecule has 7 heteroatoms. The number of anilines is 1. The molecule has 1 saturated heterocycles. The lowest BCUT2D eigenvalue weighted by Crippen LogP contribution is -2.37. The number of nitrogens with zero attached hydrogens (tertiary/aromatic N) is 1. The van der Waals surface area contributed by atoms with Gasteiger partial charge in [-0.3, -0.25) is 9.59 Å². The quantitative estimate of drug-likeness (QED) is 0.925. The van der Waals surface area contributed by atoms with Gasteiger partial charge in [-0.05, 0) is 30.3 Å². The number of rotatable bonds is 4. The van der Waals surface area contributed by atoms with E-state index in [1.54, 1.807) is 29.2 Å². The molecule has 1 heterocycles. The van der Waals surface area contributed by atoms with Crippen molar-refractivity contribution in [3.05, 3.63) is 59.7 Å². The van der Waals surface area contributed by atoms with E-state index in [4.69, 9.17) is 4.74 Å². The molecule has 3 rings (SSSR count). The average Bonchev–Trinajstić information content (AvgIpc) is 2.97. The van der Waals surface area contributed by atoms with Crippen LogP contribution in [-0.2, 0) is 4.79 Å². The Kier molecular flexibility index (Phi) is 4.65. The number of hydrogen-bond donors (Lipinski definition) is 1. The zero-order chi connectivity index (χ0) is 18.0. The lowest BCUT2D eigenvalue weighted by molar-refractivity contribution is -0.117. The molecular weight excluding hydrogens is 330 g/mol. The molecule has 1 fully saturated rings. The van der Waals surface area contributed by atoms with Crippen molar-refractivity contribution < 1.29 is 23.1 Å². The van der Waals surface area contributed by atoms with Crippen molar-refractivity contribution in [2.45, 2.75) is 12.5 Å². The number of halogens is 2. The van der Waals surface area contributed by atoms with Gasteiger partial charge in [0.15, 0.2) is 11.6 Å². The molecule has 1 aliphatic heterocycles. The third kappa shape index (κ3) is 3.60. The Morgan fingerprint density at radius 2 is 2.00 bits per heavy atom. The van der Waals surface area contributed by atoms with Crippen molar-refractivity contribution in [1.82, 2.24) is 5.32 Å². The fourth-order valence-electron chi connectivity index (χ4n) is 2.74. The summed E-state index contributed by atoms with van der Waals surface area (Å²) in [6.07, 6.45) is 0.132. The Morgan fingerprint density at radius 3 is 2.72 bits per heavy atom. The van der Waals surface area contributed by atoms with E-state index in [0.29, 0.717) is 18.0 Å². The lowest BCUT2D eigenvalue weighted by atomic mass is 10.1. The van der Waals surface area contributed by atoms with Crippen LogP contribution in [0.4, 0.5) is 14.5 Å². The van der Waals surface area contributed by atoms with Crippen molar-refractivity contribution in [3.63, 3.8) is 0 Å². The van der Waals surface area contributed by atoms with Crippen molar-refractivity contribution >= 4 is 17.5 Å². The minimum absolute atomic E-state index is 0.00572. The standard InChI is InChI=1S/C18H16F2N2O3/c1-25-14-4-2-3-13(9-14)22-10-12(8-17(22)23)21-18(24)11-5-6-15(19)16(20)7-11/h2-7,9,12H,8,10H2,1H3,(H,21,24). The van der Waals surface area contributed by atoms with Crippen LogP contribution in [0.5, 0.6) is 5.75 Å². The minimum atomic E-state index is -1.09. The maximum Gasteiger partial charge on any atom is 0.251 e. The Morgan fingerprint density at radius 1 is 1.20 bits per heavy atom. The number of benzene rings is 2. The highest BCUT2D eigenvalue weighted by atomic mass is 19.2. The summed E-state index contributed by atoms with van der Waals surface area (Å²) in [4.78, 5) is 25.9. The van der Waals surface area contributed by atoms with Crippen LogP contribution in [0.1, 0.15) is 16.8 Å². The maximum absolute atomic E-state index is 13.2. The molecule has 130 valence electrons. The van der Waals surface area contributed by atoms with Crippen LogP contribution in [0, 0.1) is 11.6 Å². The van der Waals surface area contributed by atoms with E-state index in [2.05, 4.69) is 5.32 Å². The van der Waals surface area contributed by atoms with Gasteiger partial charge in [-0.25, -0.2) is 8.78 Å². The van der Waals surface area contributed by atoms with Crippen molar-refractivity contribution in [2.75, 3.05) is 18.6 Å². The monoisotopic (exact) mass is 346 g/mol. The highest BCUT2D eigenvalue weighted by Crippen LogP contribution is 2.25. The second kappa shape index (κ2) is 6.88. The highest BCUT2D eigenvalue weighted by molar-refractivity contribution is 5.99. The van der Waals surface area contributed by atoms with Gasteiger partial charge in [-0.2, -0.15) is 0 Å². The van der Waals surface area contributed by atoms with Crippen LogP contribution in [0.25, 0.3) is 0 Å². The largest absolute Gasteiger partial charge is 0.497 e. The summed E-state index contributed by atoms with van der Waals surface area (Å²) in [5.41, 5.74) is 0.681. The molecule has 1 aliphatic rings. The summed E-state index contributed by atoms with van der Waals surface area (Å²) in [6.45, 7) is 0.293. The lowest BCUT2D eigenvalue weighted by Gasteiger charge is -2.18. The van der Waals surface area contributed by atoms with Gasteiger partial charge < -0.3 is 15.0 Å². The summed E-state index contributed by atoms with van der Waals surface area (Å²) >= 11 is 0. The average molecular weight is 346 g/mol. The van der Waals surface area contributed by atoms with E-state index in [1.165, 1.54) is 13.2 Å². The molecule has 0 radical (unpaired) electrons. The molecule has 2 aromatic carbocycles. The summed E-state index contributed by atoms with van der Waals surface area (Å²) in [5.74, 6) is -2.17. The van der Waals surface area contributed by atoms with Crippen LogP contribution in [0.15, 0.2) is 42.5 Å². The van der Waals surface area contributed by atoms with Crippen molar-refractivity contribution in [3.8, 4) is 5.75 Å². The number of ether oxygens (including phenoxy) is 1. The third-order valence-corrected chi connectivity index (χ3v) is 4.01. The molecular formula is C18H16F2N2O3. The second-order valence-electron chi connectivity index (χ2n) is 5.71. The van der Waals surface area contributed by atoms with Gasteiger partial charge in [0, 0.05) is 30.3 Å². The zero-order valence-corrected chi connectivity index (χ0v) is 13.5. The molecule has 25 heavy (non-hydrogen) atoms. The summed E-state index contributed by atoms with van der Waals surface area (Å²) in [7, 11) is 1.54. The molecule has 0 aliphatic carbocycles. The van der Waals surface area contributed by atoms with Gasteiger partial charge in [0.1, 0.15) is 5.75 Å². The second-order valence-corrected chi connectivity index (χ2v) is 5.71. The predicted molar refractivity (Wildman–Crippen MR) is 87.6 cm³/mol. The van der Waals surface area contributed by atoms with E-state index >= 15 is 0 Å². The highest BCUT2D eigenvalue weighted by Gasteiger charge is 2.32. The molecule has 1 unspecified atom stereocenters. The fraction of sp³-hybridized carbons (Fsp3) is 0.222. The van der Waals surface area contributed by atoms with Crippen molar-refractivity contribution in [1.29, 1.82) is 0 Å². The molecule has 5 nitrogen and oxygen atoms in total. The molecule has 2 amide bonds. The van der Waals surface area contributed by atoms with Crippen molar-refractivity contribution in [2.24, 2.45) is 0 Å². The number of nitrogens with one attached hydrogen (secondary N) is 1. The first kappa shape index (κ1) is 16.9. The Bertz CT molecular complexity index is 826. The van der Waals surface area contributed by atoms with Gasteiger partial charge in [-0.15, -0.1) is 0 Å². The van der Waals surface area contributed by atoms with E-state index in [-0.39, 0.29) is 17.9 Å². The first-order chi connectivity index (χ1) is 12.0. The predicted octanol–water partition coefficient (Wildman–Crippen LogP) is 2.51. The maximum atomic E-state index is 13.2. The summed E-state index contributed by atoms with van der Waals surface area (Å²) < 4.78 is 31.3. The molecule has 0 saturated carbocycles. The first-order valence-electron chi connectivity index (χ1n) is 7.68. The molecule has 2 aromatic rings. The number of amides is 2. The molecule has 0 bridgehead atoms. The Labute approximate surface area is 143 Å². The van der Waals surface area contributed by atoms with Crippen LogP contribution in [0.2, 0.25) is 0 Å². The number of carbonyl (C=O) groups excluding carboxylic acids is 2. The van der Waals surface area contributed by atoms with Crippen LogP contribution < -0.4 is 15.0 Å².